The van der Waals surface area contributed by atoms with E-state index in [1.54, 1.807) is 0 Å². The monoisotopic (exact) mass is 492 g/mol. The number of benzene rings is 2. The van der Waals surface area contributed by atoms with Crippen molar-refractivity contribution in [2.45, 2.75) is 46.1 Å². The van der Waals surface area contributed by atoms with Crippen LogP contribution in [-0.4, -0.2) is 51.0 Å². The fourth-order valence-corrected chi connectivity index (χ4v) is 3.88. The molecule has 3 aromatic rings. The largest absolute Gasteiger partial charge is 0.481 e. The van der Waals surface area contributed by atoms with Gasteiger partial charge in [-0.3, -0.25) is 14.4 Å². The van der Waals surface area contributed by atoms with Gasteiger partial charge in [0.05, 0.1) is 6.20 Å². The van der Waals surface area contributed by atoms with E-state index in [2.05, 4.69) is 20.7 Å². The van der Waals surface area contributed by atoms with E-state index in [0.717, 1.165) is 16.7 Å². The van der Waals surface area contributed by atoms with Crippen LogP contribution in [0.2, 0.25) is 0 Å². The second kappa shape index (κ2) is 12.1. The third kappa shape index (κ3) is 7.49. The number of rotatable bonds is 12. The lowest BCUT2D eigenvalue weighted by atomic mass is 9.82. The summed E-state index contributed by atoms with van der Waals surface area (Å²) in [5.74, 6) is -1.93. The van der Waals surface area contributed by atoms with Crippen LogP contribution in [0.1, 0.15) is 49.7 Å². The van der Waals surface area contributed by atoms with Crippen molar-refractivity contribution in [2.75, 3.05) is 6.61 Å². The maximum atomic E-state index is 12.7. The van der Waals surface area contributed by atoms with Crippen molar-refractivity contribution in [1.82, 2.24) is 20.7 Å². The van der Waals surface area contributed by atoms with Gasteiger partial charge < -0.3 is 15.2 Å². The van der Waals surface area contributed by atoms with E-state index >= 15 is 0 Å². The summed E-state index contributed by atoms with van der Waals surface area (Å²) in [5.41, 5.74) is 1.75. The van der Waals surface area contributed by atoms with Crippen LogP contribution in [0.5, 0.6) is 0 Å². The number of H-pyrrole nitrogens is 1. The van der Waals surface area contributed by atoms with Crippen LogP contribution in [0, 0.1) is 11.3 Å². The number of hydrogen-bond donors (Lipinski definition) is 3. The molecule has 0 bridgehead atoms. The number of nitrogens with one attached hydrogen (secondary N) is 2. The highest BCUT2D eigenvalue weighted by Gasteiger charge is 2.38. The number of aromatic amines is 1. The normalized spacial score (nSPS) is 13.6. The molecule has 0 aliphatic rings. The molecule has 0 saturated heterocycles. The summed E-state index contributed by atoms with van der Waals surface area (Å²) in [6, 6.07) is 17.3. The van der Waals surface area contributed by atoms with Crippen LogP contribution in [0.3, 0.4) is 0 Å². The first-order valence-corrected chi connectivity index (χ1v) is 11.9. The smallest absolute Gasteiger partial charge is 0.312 e. The van der Waals surface area contributed by atoms with Gasteiger partial charge in [-0.1, -0.05) is 68.4 Å². The molecule has 2 atom stereocenters. The maximum absolute atomic E-state index is 12.7. The zero-order chi connectivity index (χ0) is 26.1. The van der Waals surface area contributed by atoms with Crippen molar-refractivity contribution in [1.29, 1.82) is 0 Å². The van der Waals surface area contributed by atoms with Gasteiger partial charge in [0.25, 0.3) is 5.91 Å². The standard InChI is InChI=1S/C27H32N4O5/c1-18(2)13-24(32)36-17-27(3,26(34)35)15-22(29-25(33)23-16-28-31-30-23)14-19-9-11-21(12-10-19)20-7-5-4-6-8-20/h4-12,16,18,22H,13-15,17H2,1-3H3,(H,29,33)(H,34,35)(H,28,30,31)/t22-,27-/m0/s1. The van der Waals surface area contributed by atoms with Crippen molar-refractivity contribution < 1.29 is 24.2 Å². The van der Waals surface area contributed by atoms with E-state index in [0.29, 0.717) is 6.42 Å². The van der Waals surface area contributed by atoms with E-state index in [1.165, 1.54) is 13.1 Å². The number of hydrogen-bond acceptors (Lipinski definition) is 6. The molecule has 0 saturated carbocycles. The lowest BCUT2D eigenvalue weighted by Crippen LogP contribution is -2.45. The van der Waals surface area contributed by atoms with Gasteiger partial charge in [0, 0.05) is 12.5 Å². The van der Waals surface area contributed by atoms with Crippen molar-refractivity contribution in [3.8, 4) is 11.1 Å². The third-order valence-corrected chi connectivity index (χ3v) is 5.87. The van der Waals surface area contributed by atoms with E-state index in [4.69, 9.17) is 4.74 Å². The molecule has 36 heavy (non-hydrogen) atoms. The summed E-state index contributed by atoms with van der Waals surface area (Å²) in [6.07, 6.45) is 1.92. The van der Waals surface area contributed by atoms with Gasteiger partial charge in [-0.15, -0.1) is 0 Å². The second-order valence-electron chi connectivity index (χ2n) is 9.62. The average molecular weight is 493 g/mol. The SMILES string of the molecule is CC(C)CC(=O)OC[C@](C)(C[C@H](Cc1ccc(-c2ccccc2)cc1)NC(=O)c1cn[nH]n1)C(=O)O. The van der Waals surface area contributed by atoms with E-state index in [-0.39, 0.29) is 31.1 Å². The summed E-state index contributed by atoms with van der Waals surface area (Å²) >= 11 is 0. The zero-order valence-electron chi connectivity index (χ0n) is 20.7. The number of esters is 1. The van der Waals surface area contributed by atoms with Crippen molar-refractivity contribution >= 4 is 17.8 Å². The number of aromatic nitrogens is 3. The highest BCUT2D eigenvalue weighted by Crippen LogP contribution is 2.27. The fourth-order valence-electron chi connectivity index (χ4n) is 3.88. The molecular weight excluding hydrogens is 460 g/mol. The molecule has 1 aromatic heterocycles. The van der Waals surface area contributed by atoms with Crippen LogP contribution in [0.4, 0.5) is 0 Å². The molecule has 3 N–H and O–H groups in total. The summed E-state index contributed by atoms with van der Waals surface area (Å²) in [6.45, 7) is 5.00. The highest BCUT2D eigenvalue weighted by molar-refractivity contribution is 5.92. The topological polar surface area (TPSA) is 134 Å². The predicted octanol–water partition coefficient (Wildman–Crippen LogP) is 3.88. The molecule has 9 heteroatoms. The molecule has 1 amide bonds. The summed E-state index contributed by atoms with van der Waals surface area (Å²) in [4.78, 5) is 37.0. The second-order valence-corrected chi connectivity index (χ2v) is 9.62. The van der Waals surface area contributed by atoms with Crippen molar-refractivity contribution in [3.63, 3.8) is 0 Å². The number of carboxylic acids is 1. The Morgan fingerprint density at radius 1 is 1.06 bits per heavy atom. The van der Waals surface area contributed by atoms with Gasteiger partial charge in [-0.2, -0.15) is 15.4 Å². The minimum Gasteiger partial charge on any atom is -0.481 e. The average Bonchev–Trinajstić information content (AvgIpc) is 3.39. The van der Waals surface area contributed by atoms with Crippen molar-refractivity contribution in [3.05, 3.63) is 72.1 Å². The molecule has 2 aromatic carbocycles. The molecule has 0 unspecified atom stereocenters. The van der Waals surface area contributed by atoms with E-state index in [1.807, 2.05) is 68.4 Å². The highest BCUT2D eigenvalue weighted by atomic mass is 16.5. The maximum Gasteiger partial charge on any atom is 0.312 e. The number of carbonyl (C=O) groups is 3. The Morgan fingerprint density at radius 3 is 2.31 bits per heavy atom. The third-order valence-electron chi connectivity index (χ3n) is 5.87. The van der Waals surface area contributed by atoms with E-state index < -0.39 is 29.3 Å². The first-order chi connectivity index (χ1) is 17.2. The van der Waals surface area contributed by atoms with Crippen LogP contribution in [-0.2, 0) is 20.7 Å². The Hall–Kier alpha value is -4.01. The van der Waals surface area contributed by atoms with E-state index in [9.17, 15) is 19.5 Å². The first-order valence-electron chi connectivity index (χ1n) is 11.9. The molecule has 0 aliphatic carbocycles. The molecule has 0 radical (unpaired) electrons. The Morgan fingerprint density at radius 2 is 1.72 bits per heavy atom. The molecule has 0 spiro atoms. The summed E-state index contributed by atoms with van der Waals surface area (Å²) in [5, 5.41) is 22.7. The van der Waals surface area contributed by atoms with Gasteiger partial charge in [-0.25, -0.2) is 0 Å². The minimum absolute atomic E-state index is 0.0430. The molecule has 3 rings (SSSR count). The van der Waals surface area contributed by atoms with Gasteiger partial charge in [0.2, 0.25) is 0 Å². The Balaban J connectivity index is 1.78. The van der Waals surface area contributed by atoms with Gasteiger partial charge >= 0.3 is 11.9 Å². The number of carboxylic acid groups (broad SMARTS) is 1. The van der Waals surface area contributed by atoms with Crippen LogP contribution in [0.15, 0.2) is 60.8 Å². The minimum atomic E-state index is -1.40. The Labute approximate surface area is 210 Å². The number of nitrogens with zero attached hydrogens (tertiary/aromatic N) is 2. The van der Waals surface area contributed by atoms with Crippen molar-refractivity contribution in [2.24, 2.45) is 11.3 Å². The first kappa shape index (κ1) is 26.6. The molecular formula is C27H32N4O5. The van der Waals surface area contributed by atoms with Gasteiger partial charge in [-0.05, 0) is 42.4 Å². The summed E-state index contributed by atoms with van der Waals surface area (Å²) in [7, 11) is 0. The number of ether oxygens (including phenoxy) is 1. The predicted molar refractivity (Wildman–Crippen MR) is 134 cm³/mol. The van der Waals surface area contributed by atoms with Gasteiger partial charge in [0.1, 0.15) is 12.0 Å². The summed E-state index contributed by atoms with van der Waals surface area (Å²) < 4.78 is 5.31. The quantitative estimate of drug-likeness (QED) is 0.327. The van der Waals surface area contributed by atoms with Crippen LogP contribution < -0.4 is 5.32 Å². The molecule has 1 heterocycles. The lowest BCUT2D eigenvalue weighted by molar-refractivity contribution is -0.159. The molecule has 190 valence electrons. The Bertz CT molecular complexity index is 1150. The number of aliphatic carboxylic acids is 1. The Kier molecular flexibility index (Phi) is 8.94. The van der Waals surface area contributed by atoms with Crippen LogP contribution in [0.25, 0.3) is 11.1 Å². The van der Waals surface area contributed by atoms with Gasteiger partial charge in [0.15, 0.2) is 5.69 Å². The zero-order valence-corrected chi connectivity index (χ0v) is 20.7. The number of carbonyl (C=O) groups excluding carboxylic acids is 2. The van der Waals surface area contributed by atoms with Crippen LogP contribution >= 0.6 is 0 Å². The lowest BCUT2D eigenvalue weighted by Gasteiger charge is -2.30. The number of amides is 1. The molecule has 0 aliphatic heterocycles. The molecule has 0 fully saturated rings. The molecule has 9 nitrogen and oxygen atoms in total. The fraction of sp³-hybridized carbons (Fsp3) is 0.370.